The molecule has 0 spiro atoms. The van der Waals surface area contributed by atoms with Crippen molar-refractivity contribution in [2.75, 3.05) is 6.54 Å². The summed E-state index contributed by atoms with van der Waals surface area (Å²) >= 11 is 6.35. The highest BCUT2D eigenvalue weighted by Gasteiger charge is 2.09. The third-order valence-electron chi connectivity index (χ3n) is 2.95. The lowest BCUT2D eigenvalue weighted by Crippen LogP contribution is -2.19. The van der Waals surface area contributed by atoms with Crippen LogP contribution in [0.25, 0.3) is 5.69 Å². The molecule has 4 heteroatoms. The predicted octanol–water partition coefficient (Wildman–Crippen LogP) is 3.59. The Morgan fingerprint density at radius 3 is 2.89 bits per heavy atom. The van der Waals surface area contributed by atoms with Gasteiger partial charge in [-0.3, -0.25) is 0 Å². The molecule has 0 bridgehead atoms. The third kappa shape index (κ3) is 2.92. The Labute approximate surface area is 113 Å². The van der Waals surface area contributed by atoms with Gasteiger partial charge in [-0.2, -0.15) is 0 Å². The van der Waals surface area contributed by atoms with Gasteiger partial charge >= 0.3 is 0 Å². The van der Waals surface area contributed by atoms with Crippen molar-refractivity contribution in [2.24, 2.45) is 0 Å². The van der Waals surface area contributed by atoms with Crippen LogP contribution in [0.4, 0.5) is 0 Å². The van der Waals surface area contributed by atoms with Crippen LogP contribution in [0.2, 0.25) is 5.02 Å². The molecule has 18 heavy (non-hydrogen) atoms. The first-order valence-electron chi connectivity index (χ1n) is 6.23. The molecule has 1 aromatic carbocycles. The molecule has 0 radical (unpaired) electrons. The van der Waals surface area contributed by atoms with Crippen LogP contribution in [-0.4, -0.2) is 16.1 Å². The first kappa shape index (κ1) is 13.1. The molecule has 1 heterocycles. The maximum atomic E-state index is 6.35. The lowest BCUT2D eigenvalue weighted by atomic mass is 10.1. The van der Waals surface area contributed by atoms with Crippen LogP contribution in [0.5, 0.6) is 0 Å². The number of rotatable bonds is 5. The summed E-state index contributed by atoms with van der Waals surface area (Å²) in [7, 11) is 0. The highest BCUT2D eigenvalue weighted by Crippen LogP contribution is 2.25. The third-order valence-corrected chi connectivity index (χ3v) is 3.28. The second-order valence-electron chi connectivity index (χ2n) is 4.35. The van der Waals surface area contributed by atoms with E-state index in [9.17, 15) is 0 Å². The summed E-state index contributed by atoms with van der Waals surface area (Å²) in [6, 6.07) is 6.38. The predicted molar refractivity (Wildman–Crippen MR) is 75.3 cm³/mol. The number of aromatic nitrogens is 2. The van der Waals surface area contributed by atoms with Gasteiger partial charge in [0.15, 0.2) is 0 Å². The molecule has 96 valence electrons. The zero-order valence-electron chi connectivity index (χ0n) is 10.7. The molecule has 1 aromatic heterocycles. The van der Waals surface area contributed by atoms with Gasteiger partial charge in [0.1, 0.15) is 0 Å². The molecule has 0 saturated heterocycles. The van der Waals surface area contributed by atoms with Crippen LogP contribution < -0.4 is 5.32 Å². The van der Waals surface area contributed by atoms with E-state index in [4.69, 9.17) is 11.6 Å². The summed E-state index contributed by atoms with van der Waals surface area (Å²) in [6.45, 7) is 5.29. The quantitative estimate of drug-likeness (QED) is 0.894. The molecule has 1 N–H and O–H groups in total. The number of nitrogens with one attached hydrogen (secondary N) is 1. The van der Waals surface area contributed by atoms with E-state index in [1.54, 1.807) is 12.5 Å². The van der Waals surface area contributed by atoms with E-state index in [1.807, 2.05) is 16.8 Å². The van der Waals surface area contributed by atoms with E-state index in [0.717, 1.165) is 29.2 Å². The van der Waals surface area contributed by atoms with Crippen molar-refractivity contribution in [3.63, 3.8) is 0 Å². The molecule has 0 amide bonds. The molecule has 1 unspecified atom stereocenters. The molecular weight excluding hydrogens is 246 g/mol. The number of halogens is 1. The van der Waals surface area contributed by atoms with Gasteiger partial charge in [0.2, 0.25) is 0 Å². The van der Waals surface area contributed by atoms with E-state index in [1.165, 1.54) is 0 Å². The Morgan fingerprint density at radius 2 is 2.28 bits per heavy atom. The first-order valence-corrected chi connectivity index (χ1v) is 6.61. The number of nitrogens with zero attached hydrogens (tertiary/aromatic N) is 2. The zero-order valence-corrected chi connectivity index (χ0v) is 11.5. The summed E-state index contributed by atoms with van der Waals surface area (Å²) in [6.07, 6.45) is 6.55. The highest BCUT2D eigenvalue weighted by atomic mass is 35.5. The summed E-state index contributed by atoms with van der Waals surface area (Å²) in [5.74, 6) is 0. The van der Waals surface area contributed by atoms with Crippen LogP contribution in [0.15, 0.2) is 36.9 Å². The lowest BCUT2D eigenvalue weighted by Gasteiger charge is -2.16. The van der Waals surface area contributed by atoms with Crippen LogP contribution in [0.1, 0.15) is 31.9 Å². The van der Waals surface area contributed by atoms with Crippen molar-refractivity contribution < 1.29 is 0 Å². The fourth-order valence-corrected chi connectivity index (χ4v) is 2.25. The van der Waals surface area contributed by atoms with Gasteiger partial charge in [-0.15, -0.1) is 0 Å². The van der Waals surface area contributed by atoms with E-state index in [0.29, 0.717) is 0 Å². The largest absolute Gasteiger partial charge is 0.310 e. The molecule has 0 aliphatic heterocycles. The number of imidazole rings is 1. The molecule has 0 aliphatic carbocycles. The van der Waals surface area contributed by atoms with Crippen molar-refractivity contribution in [3.8, 4) is 5.69 Å². The standard InChI is InChI=1S/C14H18ClN3/c1-3-6-17-11(2)13-5-4-12(9-14(13)15)18-8-7-16-10-18/h4-5,7-11,17H,3,6H2,1-2H3. The van der Waals surface area contributed by atoms with Gasteiger partial charge in [0.05, 0.1) is 6.33 Å². The van der Waals surface area contributed by atoms with E-state index in [2.05, 4.69) is 36.3 Å². The summed E-state index contributed by atoms with van der Waals surface area (Å²) in [5.41, 5.74) is 2.16. The van der Waals surface area contributed by atoms with Crippen molar-refractivity contribution in [2.45, 2.75) is 26.3 Å². The molecule has 2 rings (SSSR count). The van der Waals surface area contributed by atoms with Gasteiger partial charge in [-0.25, -0.2) is 4.98 Å². The van der Waals surface area contributed by atoms with Gasteiger partial charge < -0.3 is 9.88 Å². The molecule has 1 atom stereocenters. The smallest absolute Gasteiger partial charge is 0.0991 e. The maximum absolute atomic E-state index is 6.35. The lowest BCUT2D eigenvalue weighted by molar-refractivity contribution is 0.571. The molecule has 3 nitrogen and oxygen atoms in total. The Hall–Kier alpha value is -1.32. The Kier molecular flexibility index (Phi) is 4.39. The summed E-state index contributed by atoms with van der Waals surface area (Å²) in [4.78, 5) is 4.03. The highest BCUT2D eigenvalue weighted by molar-refractivity contribution is 6.31. The Morgan fingerprint density at radius 1 is 1.44 bits per heavy atom. The number of hydrogen-bond acceptors (Lipinski definition) is 2. The fraction of sp³-hybridized carbons (Fsp3) is 0.357. The van der Waals surface area contributed by atoms with Gasteiger partial charge in [-0.05, 0) is 37.6 Å². The van der Waals surface area contributed by atoms with Crippen LogP contribution in [0.3, 0.4) is 0 Å². The van der Waals surface area contributed by atoms with Crippen LogP contribution in [0, 0.1) is 0 Å². The fourth-order valence-electron chi connectivity index (χ4n) is 1.91. The second-order valence-corrected chi connectivity index (χ2v) is 4.76. The molecule has 2 aromatic rings. The molecule has 0 fully saturated rings. The van der Waals surface area contributed by atoms with Crippen molar-refractivity contribution in [1.29, 1.82) is 0 Å². The monoisotopic (exact) mass is 263 g/mol. The van der Waals surface area contributed by atoms with Gasteiger partial charge in [-0.1, -0.05) is 24.6 Å². The SMILES string of the molecule is CCCNC(C)c1ccc(-n2ccnc2)cc1Cl. The molecule has 0 aliphatic rings. The van der Waals surface area contributed by atoms with E-state index in [-0.39, 0.29) is 6.04 Å². The topological polar surface area (TPSA) is 29.9 Å². The normalized spacial score (nSPS) is 12.6. The zero-order chi connectivity index (χ0) is 13.0. The molecule has 0 saturated carbocycles. The number of hydrogen-bond donors (Lipinski definition) is 1. The van der Waals surface area contributed by atoms with Crippen LogP contribution in [-0.2, 0) is 0 Å². The van der Waals surface area contributed by atoms with E-state index >= 15 is 0 Å². The average molecular weight is 264 g/mol. The minimum Gasteiger partial charge on any atom is -0.310 e. The minimum absolute atomic E-state index is 0.272. The average Bonchev–Trinajstić information content (AvgIpc) is 2.89. The first-order chi connectivity index (χ1) is 8.72. The summed E-state index contributed by atoms with van der Waals surface area (Å²) in [5, 5.41) is 4.23. The van der Waals surface area contributed by atoms with Crippen LogP contribution >= 0.6 is 11.6 Å². The molecular formula is C14H18ClN3. The maximum Gasteiger partial charge on any atom is 0.0991 e. The second kappa shape index (κ2) is 6.03. The van der Waals surface area contributed by atoms with Crippen molar-refractivity contribution in [3.05, 3.63) is 47.5 Å². The van der Waals surface area contributed by atoms with Crippen molar-refractivity contribution in [1.82, 2.24) is 14.9 Å². The van der Waals surface area contributed by atoms with Crippen molar-refractivity contribution >= 4 is 11.6 Å². The minimum atomic E-state index is 0.272. The Balaban J connectivity index is 2.20. The number of benzene rings is 1. The summed E-state index contributed by atoms with van der Waals surface area (Å²) < 4.78 is 1.94. The van der Waals surface area contributed by atoms with Gasteiger partial charge in [0.25, 0.3) is 0 Å². The van der Waals surface area contributed by atoms with Gasteiger partial charge in [0, 0.05) is 29.1 Å². The Bertz CT molecular complexity index is 494. The van der Waals surface area contributed by atoms with E-state index < -0.39 is 0 Å².